The van der Waals surface area contributed by atoms with Gasteiger partial charge in [0.1, 0.15) is 0 Å². The Labute approximate surface area is 128 Å². The molecule has 0 aromatic heterocycles. The van der Waals surface area contributed by atoms with Crippen molar-refractivity contribution in [3.63, 3.8) is 0 Å². The number of carbonyl (C=O) groups is 1. The molecule has 0 spiro atoms. The molecule has 2 nitrogen and oxygen atoms in total. The van der Waals surface area contributed by atoms with E-state index in [0.717, 1.165) is 24.0 Å². The largest absolute Gasteiger partial charge is 0.300 e. The summed E-state index contributed by atoms with van der Waals surface area (Å²) in [5.41, 5.74) is 0.636. The molecule has 0 amide bonds. The molecule has 0 saturated heterocycles. The van der Waals surface area contributed by atoms with Gasteiger partial charge in [-0.25, -0.2) is 0 Å². The van der Waals surface area contributed by atoms with Gasteiger partial charge in [-0.15, -0.1) is 0 Å². The van der Waals surface area contributed by atoms with Crippen molar-refractivity contribution in [1.82, 2.24) is 4.90 Å². The summed E-state index contributed by atoms with van der Waals surface area (Å²) in [7, 11) is 0. The zero-order chi connectivity index (χ0) is 13.8. The molecule has 1 fully saturated rings. The number of halogens is 2. The number of hydrogen-bond donors (Lipinski definition) is 0. The second-order valence-corrected chi connectivity index (χ2v) is 6.39. The minimum absolute atomic E-state index is 0.138. The van der Waals surface area contributed by atoms with E-state index in [9.17, 15) is 4.79 Å². The Morgan fingerprint density at radius 1 is 1.42 bits per heavy atom. The van der Waals surface area contributed by atoms with Crippen LogP contribution in [0, 0.1) is 0 Å². The molecule has 1 aliphatic carbocycles. The van der Waals surface area contributed by atoms with Crippen LogP contribution in [-0.4, -0.2) is 29.8 Å². The molecule has 0 heterocycles. The first-order chi connectivity index (χ1) is 9.11. The zero-order valence-electron chi connectivity index (χ0n) is 11.2. The number of benzene rings is 1. The first-order valence-corrected chi connectivity index (χ1v) is 8.01. The minimum atomic E-state index is 0.138. The third-order valence-corrected chi connectivity index (χ3v) is 4.24. The molecule has 1 aromatic carbocycles. The quantitative estimate of drug-likeness (QED) is 0.676. The summed E-state index contributed by atoms with van der Waals surface area (Å²) in [5, 5.41) is 0.535. The van der Waals surface area contributed by atoms with E-state index in [1.807, 2.05) is 6.07 Å². The highest BCUT2D eigenvalue weighted by molar-refractivity contribution is 9.10. The molecule has 0 radical (unpaired) electrons. The Bertz CT molecular complexity index is 459. The molecule has 0 unspecified atom stereocenters. The van der Waals surface area contributed by atoms with Crippen molar-refractivity contribution >= 4 is 33.3 Å². The van der Waals surface area contributed by atoms with Crippen LogP contribution in [0.3, 0.4) is 0 Å². The van der Waals surface area contributed by atoms with E-state index in [4.69, 9.17) is 11.6 Å². The molecule has 1 aromatic rings. The second kappa shape index (κ2) is 6.87. The molecule has 1 aliphatic rings. The van der Waals surface area contributed by atoms with E-state index in [0.29, 0.717) is 23.0 Å². The van der Waals surface area contributed by atoms with Gasteiger partial charge in [-0.3, -0.25) is 9.69 Å². The van der Waals surface area contributed by atoms with Crippen molar-refractivity contribution < 1.29 is 4.79 Å². The summed E-state index contributed by atoms with van der Waals surface area (Å²) in [6, 6.07) is 6.16. The molecule has 0 atom stereocenters. The number of Topliss-reactive ketones (excluding diaryl/α,β-unsaturated/α-hetero) is 1. The van der Waals surface area contributed by atoms with Crippen LogP contribution >= 0.6 is 27.5 Å². The van der Waals surface area contributed by atoms with Crippen LogP contribution in [0.5, 0.6) is 0 Å². The van der Waals surface area contributed by atoms with Crippen molar-refractivity contribution in [2.45, 2.75) is 38.6 Å². The molecule has 104 valence electrons. The molecule has 19 heavy (non-hydrogen) atoms. The molecular formula is C15H19BrClNO. The predicted molar refractivity (Wildman–Crippen MR) is 83.0 cm³/mol. The molecule has 0 aliphatic heterocycles. The topological polar surface area (TPSA) is 20.3 Å². The van der Waals surface area contributed by atoms with Gasteiger partial charge in [0.15, 0.2) is 5.78 Å². The normalized spacial score (nSPS) is 14.9. The Hall–Kier alpha value is -0.380. The average molecular weight is 345 g/mol. The van der Waals surface area contributed by atoms with Crippen molar-refractivity contribution in [2.75, 3.05) is 13.1 Å². The highest BCUT2D eigenvalue weighted by Crippen LogP contribution is 2.28. The minimum Gasteiger partial charge on any atom is -0.300 e. The lowest BCUT2D eigenvalue weighted by Crippen LogP contribution is -2.29. The van der Waals surface area contributed by atoms with Crippen LogP contribution in [-0.2, 0) is 0 Å². The van der Waals surface area contributed by atoms with Crippen LogP contribution in [0.25, 0.3) is 0 Å². The average Bonchev–Trinajstić information content (AvgIpc) is 3.18. The lowest BCUT2D eigenvalue weighted by Gasteiger charge is -2.20. The van der Waals surface area contributed by atoms with Crippen molar-refractivity contribution in [3.05, 3.63) is 33.3 Å². The Morgan fingerprint density at radius 3 is 2.74 bits per heavy atom. The fraction of sp³-hybridized carbons (Fsp3) is 0.533. The SMILES string of the molecule is CCCN(CCC(=O)c1ccc(Br)cc1Cl)C1CC1. The van der Waals surface area contributed by atoms with E-state index < -0.39 is 0 Å². The van der Waals surface area contributed by atoms with E-state index in [2.05, 4.69) is 27.8 Å². The van der Waals surface area contributed by atoms with Gasteiger partial charge in [0.2, 0.25) is 0 Å². The van der Waals surface area contributed by atoms with Crippen molar-refractivity contribution in [3.8, 4) is 0 Å². The van der Waals surface area contributed by atoms with Gasteiger partial charge in [0, 0.05) is 29.0 Å². The van der Waals surface area contributed by atoms with Crippen LogP contribution in [0.1, 0.15) is 43.0 Å². The summed E-state index contributed by atoms with van der Waals surface area (Å²) in [4.78, 5) is 14.6. The summed E-state index contributed by atoms with van der Waals surface area (Å²) in [6.45, 7) is 4.12. The van der Waals surface area contributed by atoms with Gasteiger partial charge in [-0.1, -0.05) is 34.5 Å². The number of carbonyl (C=O) groups excluding carboxylic acids is 1. The van der Waals surface area contributed by atoms with E-state index in [1.165, 1.54) is 12.8 Å². The van der Waals surface area contributed by atoms with Crippen molar-refractivity contribution in [2.24, 2.45) is 0 Å². The van der Waals surface area contributed by atoms with Gasteiger partial charge in [-0.2, -0.15) is 0 Å². The standard InChI is InChI=1S/C15H19BrClNO/c1-2-8-18(12-4-5-12)9-7-15(19)13-6-3-11(16)10-14(13)17/h3,6,10,12H,2,4-5,7-9H2,1H3. The summed E-state index contributed by atoms with van der Waals surface area (Å²) < 4.78 is 0.902. The molecule has 0 bridgehead atoms. The predicted octanol–water partition coefficient (Wildman–Crippen LogP) is 4.55. The number of rotatable bonds is 7. The molecule has 1 saturated carbocycles. The highest BCUT2D eigenvalue weighted by Gasteiger charge is 2.28. The Kier molecular flexibility index (Phi) is 5.43. The lowest BCUT2D eigenvalue weighted by atomic mass is 10.1. The maximum atomic E-state index is 12.2. The maximum absolute atomic E-state index is 12.2. The summed E-state index contributed by atoms with van der Waals surface area (Å²) in [5.74, 6) is 0.138. The number of hydrogen-bond acceptors (Lipinski definition) is 2. The highest BCUT2D eigenvalue weighted by atomic mass is 79.9. The van der Waals surface area contributed by atoms with Gasteiger partial charge in [-0.05, 0) is 44.0 Å². The van der Waals surface area contributed by atoms with Gasteiger partial charge in [0.05, 0.1) is 5.02 Å². The van der Waals surface area contributed by atoms with Crippen LogP contribution < -0.4 is 0 Å². The second-order valence-electron chi connectivity index (χ2n) is 5.06. The fourth-order valence-corrected chi connectivity index (χ4v) is 3.08. The monoisotopic (exact) mass is 343 g/mol. The number of ketones is 1. The van der Waals surface area contributed by atoms with E-state index in [-0.39, 0.29) is 5.78 Å². The van der Waals surface area contributed by atoms with E-state index in [1.54, 1.807) is 12.1 Å². The van der Waals surface area contributed by atoms with E-state index >= 15 is 0 Å². The smallest absolute Gasteiger partial charge is 0.165 e. The zero-order valence-corrected chi connectivity index (χ0v) is 13.5. The summed E-state index contributed by atoms with van der Waals surface area (Å²) in [6.07, 6.45) is 4.27. The third kappa shape index (κ3) is 4.30. The maximum Gasteiger partial charge on any atom is 0.165 e. The molecule has 2 rings (SSSR count). The van der Waals surface area contributed by atoms with Crippen molar-refractivity contribution in [1.29, 1.82) is 0 Å². The third-order valence-electron chi connectivity index (χ3n) is 3.43. The van der Waals surface area contributed by atoms with Crippen LogP contribution in [0.2, 0.25) is 5.02 Å². The van der Waals surface area contributed by atoms with Crippen LogP contribution in [0.15, 0.2) is 22.7 Å². The summed E-state index contributed by atoms with van der Waals surface area (Å²) >= 11 is 9.46. The van der Waals surface area contributed by atoms with Gasteiger partial charge >= 0.3 is 0 Å². The number of nitrogens with zero attached hydrogens (tertiary/aromatic N) is 1. The van der Waals surface area contributed by atoms with Crippen LogP contribution in [0.4, 0.5) is 0 Å². The molecular weight excluding hydrogens is 326 g/mol. The lowest BCUT2D eigenvalue weighted by molar-refractivity contribution is 0.0962. The Balaban J connectivity index is 1.92. The fourth-order valence-electron chi connectivity index (χ4n) is 2.30. The van der Waals surface area contributed by atoms with Gasteiger partial charge < -0.3 is 0 Å². The Morgan fingerprint density at radius 2 is 2.16 bits per heavy atom. The van der Waals surface area contributed by atoms with Gasteiger partial charge in [0.25, 0.3) is 0 Å². The first kappa shape index (κ1) is 15.0. The molecule has 4 heteroatoms. The molecule has 0 N–H and O–H groups in total. The first-order valence-electron chi connectivity index (χ1n) is 6.84.